The van der Waals surface area contributed by atoms with Crippen LogP contribution in [0.3, 0.4) is 0 Å². The van der Waals surface area contributed by atoms with E-state index in [1.807, 2.05) is 0 Å². The van der Waals surface area contributed by atoms with Crippen molar-refractivity contribution in [2.75, 3.05) is 5.32 Å². The van der Waals surface area contributed by atoms with E-state index < -0.39 is 23.4 Å². The third kappa shape index (κ3) is 2.78. The zero-order valence-corrected chi connectivity index (χ0v) is 13.3. The van der Waals surface area contributed by atoms with Gasteiger partial charge in [-0.15, -0.1) is 0 Å². The maximum absolute atomic E-state index is 13.6. The lowest BCUT2D eigenvalue weighted by Crippen LogP contribution is -2.61. The van der Waals surface area contributed by atoms with Crippen LogP contribution >= 0.6 is 0 Å². The van der Waals surface area contributed by atoms with Crippen LogP contribution in [0.15, 0.2) is 18.2 Å². The molecule has 0 atom stereocenters. The first kappa shape index (κ1) is 15.5. The van der Waals surface area contributed by atoms with Crippen molar-refractivity contribution in [3.63, 3.8) is 0 Å². The van der Waals surface area contributed by atoms with Crippen molar-refractivity contribution in [2.45, 2.75) is 44.1 Å². The summed E-state index contributed by atoms with van der Waals surface area (Å²) in [6, 6.07) is 2.74. The fourth-order valence-electron chi connectivity index (χ4n) is 5.33. The third-order valence-electron chi connectivity index (χ3n) is 5.80. The Balaban J connectivity index is 1.44. The lowest BCUT2D eigenvalue weighted by atomic mass is 9.53. The summed E-state index contributed by atoms with van der Waals surface area (Å²) in [6.07, 6.45) is 6.46. The van der Waals surface area contributed by atoms with Gasteiger partial charge in [0.25, 0.3) is 0 Å². The standard InChI is InChI=1S/C18H20F2N2O2/c19-13-1-2-14(20)15(6-13)21-16(23)17(24)22-18-7-10-3-11(8-18)5-12(4-10)9-18/h1-2,6,10-12H,3-5,7-9H2,(H,21,23)(H,22,24). The molecule has 2 amide bonds. The summed E-state index contributed by atoms with van der Waals surface area (Å²) < 4.78 is 26.8. The molecule has 0 aliphatic heterocycles. The second-order valence-electron chi connectivity index (χ2n) is 7.73. The van der Waals surface area contributed by atoms with Crippen LogP contribution in [0.5, 0.6) is 0 Å². The summed E-state index contributed by atoms with van der Waals surface area (Å²) in [4.78, 5) is 24.4. The zero-order chi connectivity index (χ0) is 16.9. The molecule has 4 fully saturated rings. The van der Waals surface area contributed by atoms with Crippen LogP contribution in [0.1, 0.15) is 38.5 Å². The van der Waals surface area contributed by atoms with Crippen LogP contribution in [0.4, 0.5) is 14.5 Å². The molecule has 5 rings (SSSR count). The summed E-state index contributed by atoms with van der Waals surface area (Å²) in [7, 11) is 0. The number of anilines is 1. The fraction of sp³-hybridized carbons (Fsp3) is 0.556. The van der Waals surface area contributed by atoms with Crippen molar-refractivity contribution >= 4 is 17.5 Å². The maximum Gasteiger partial charge on any atom is 0.313 e. The van der Waals surface area contributed by atoms with Crippen molar-refractivity contribution in [1.29, 1.82) is 0 Å². The van der Waals surface area contributed by atoms with Crippen LogP contribution in [0.25, 0.3) is 0 Å². The van der Waals surface area contributed by atoms with Crippen molar-refractivity contribution in [3.8, 4) is 0 Å². The number of hydrogen-bond donors (Lipinski definition) is 2. The van der Waals surface area contributed by atoms with E-state index in [1.165, 1.54) is 19.3 Å². The summed E-state index contributed by atoms with van der Waals surface area (Å²) >= 11 is 0. The molecule has 0 spiro atoms. The van der Waals surface area contributed by atoms with Gasteiger partial charge in [0.1, 0.15) is 11.6 Å². The Labute approximate surface area is 139 Å². The first-order valence-corrected chi connectivity index (χ1v) is 8.51. The van der Waals surface area contributed by atoms with E-state index in [2.05, 4.69) is 10.6 Å². The molecule has 4 bridgehead atoms. The molecule has 1 aromatic rings. The van der Waals surface area contributed by atoms with E-state index in [0.717, 1.165) is 37.5 Å². The molecule has 128 valence electrons. The molecule has 0 heterocycles. The monoisotopic (exact) mass is 334 g/mol. The second kappa shape index (κ2) is 5.53. The van der Waals surface area contributed by atoms with Crippen LogP contribution in [-0.4, -0.2) is 17.4 Å². The lowest BCUT2D eigenvalue weighted by Gasteiger charge is -2.56. The molecule has 4 aliphatic rings. The number of halogens is 2. The highest BCUT2D eigenvalue weighted by Gasteiger charge is 2.51. The minimum absolute atomic E-state index is 0.288. The average Bonchev–Trinajstić information content (AvgIpc) is 2.49. The summed E-state index contributed by atoms with van der Waals surface area (Å²) in [5.41, 5.74) is -0.607. The molecule has 24 heavy (non-hydrogen) atoms. The SMILES string of the molecule is O=C(Nc1cc(F)ccc1F)C(=O)NC12CC3CC(CC(C3)C1)C2. The second-order valence-corrected chi connectivity index (χ2v) is 7.73. The van der Waals surface area contributed by atoms with Gasteiger partial charge in [0, 0.05) is 11.6 Å². The summed E-state index contributed by atoms with van der Waals surface area (Å²) in [5.74, 6) is -1.24. The van der Waals surface area contributed by atoms with Gasteiger partial charge in [-0.3, -0.25) is 9.59 Å². The molecule has 0 saturated heterocycles. The largest absolute Gasteiger partial charge is 0.342 e. The predicted octanol–water partition coefficient (Wildman–Crippen LogP) is 2.99. The number of rotatable bonds is 2. The van der Waals surface area contributed by atoms with Crippen LogP contribution in [0, 0.1) is 29.4 Å². The molecule has 1 aromatic carbocycles. The van der Waals surface area contributed by atoms with Crippen molar-refractivity contribution in [2.24, 2.45) is 17.8 Å². The molecular formula is C18H20F2N2O2. The molecule has 4 aliphatic carbocycles. The molecule has 4 nitrogen and oxygen atoms in total. The zero-order valence-electron chi connectivity index (χ0n) is 13.3. The Bertz CT molecular complexity index is 669. The normalized spacial score (nSPS) is 33.3. The van der Waals surface area contributed by atoms with E-state index in [0.29, 0.717) is 17.8 Å². The molecular weight excluding hydrogens is 314 g/mol. The van der Waals surface area contributed by atoms with Gasteiger partial charge in [0.2, 0.25) is 0 Å². The molecule has 2 N–H and O–H groups in total. The van der Waals surface area contributed by atoms with E-state index in [1.54, 1.807) is 0 Å². The smallest absolute Gasteiger partial charge is 0.313 e. The number of carbonyl (C=O) groups excluding carboxylic acids is 2. The van der Waals surface area contributed by atoms with Gasteiger partial charge >= 0.3 is 11.8 Å². The highest BCUT2D eigenvalue weighted by Crippen LogP contribution is 2.55. The number of hydrogen-bond acceptors (Lipinski definition) is 2. The average molecular weight is 334 g/mol. The number of nitrogens with one attached hydrogen (secondary N) is 2. The Kier molecular flexibility index (Phi) is 3.58. The fourth-order valence-corrected chi connectivity index (χ4v) is 5.33. The van der Waals surface area contributed by atoms with E-state index in [4.69, 9.17) is 0 Å². The van der Waals surface area contributed by atoms with Gasteiger partial charge in [-0.1, -0.05) is 0 Å². The minimum Gasteiger partial charge on any atom is -0.342 e. The lowest BCUT2D eigenvalue weighted by molar-refractivity contribution is -0.139. The first-order valence-electron chi connectivity index (χ1n) is 8.51. The van der Waals surface area contributed by atoms with Crippen molar-refractivity contribution in [3.05, 3.63) is 29.8 Å². The van der Waals surface area contributed by atoms with Crippen LogP contribution in [-0.2, 0) is 9.59 Å². The number of amides is 2. The molecule has 4 saturated carbocycles. The van der Waals surface area contributed by atoms with Gasteiger partial charge in [-0.2, -0.15) is 0 Å². The molecule has 0 radical (unpaired) electrons. The topological polar surface area (TPSA) is 58.2 Å². The van der Waals surface area contributed by atoms with Gasteiger partial charge in [0.05, 0.1) is 5.69 Å². The number of benzene rings is 1. The van der Waals surface area contributed by atoms with Gasteiger partial charge in [0.15, 0.2) is 0 Å². The van der Waals surface area contributed by atoms with Crippen molar-refractivity contribution in [1.82, 2.24) is 5.32 Å². The van der Waals surface area contributed by atoms with Crippen molar-refractivity contribution < 1.29 is 18.4 Å². The Morgan fingerprint density at radius 3 is 2.12 bits per heavy atom. The number of carbonyl (C=O) groups is 2. The van der Waals surface area contributed by atoms with Gasteiger partial charge in [-0.25, -0.2) is 8.78 Å². The van der Waals surface area contributed by atoms with E-state index >= 15 is 0 Å². The molecule has 0 unspecified atom stereocenters. The Hall–Kier alpha value is -1.98. The van der Waals surface area contributed by atoms with Crippen LogP contribution in [0.2, 0.25) is 0 Å². The van der Waals surface area contributed by atoms with Crippen LogP contribution < -0.4 is 10.6 Å². The Morgan fingerprint density at radius 2 is 1.54 bits per heavy atom. The third-order valence-corrected chi connectivity index (χ3v) is 5.80. The minimum atomic E-state index is -0.949. The van der Waals surface area contributed by atoms with Gasteiger partial charge in [-0.05, 0) is 68.4 Å². The van der Waals surface area contributed by atoms with Gasteiger partial charge < -0.3 is 10.6 Å². The molecule has 6 heteroatoms. The van der Waals surface area contributed by atoms with E-state index in [-0.39, 0.29) is 11.2 Å². The Morgan fingerprint density at radius 1 is 0.958 bits per heavy atom. The quantitative estimate of drug-likeness (QED) is 0.817. The highest BCUT2D eigenvalue weighted by molar-refractivity contribution is 6.39. The summed E-state index contributed by atoms with van der Waals surface area (Å²) in [5, 5.41) is 5.08. The maximum atomic E-state index is 13.6. The first-order chi connectivity index (χ1) is 11.4. The predicted molar refractivity (Wildman–Crippen MR) is 84.0 cm³/mol. The van der Waals surface area contributed by atoms with E-state index in [9.17, 15) is 18.4 Å². The molecule has 0 aromatic heterocycles. The summed E-state index contributed by atoms with van der Waals surface area (Å²) in [6.45, 7) is 0. The highest BCUT2D eigenvalue weighted by atomic mass is 19.1.